The Balaban J connectivity index is 1.35. The van der Waals surface area contributed by atoms with Gasteiger partial charge in [-0.2, -0.15) is 0 Å². The van der Waals surface area contributed by atoms with Crippen LogP contribution in [0.1, 0.15) is 13.8 Å². The first kappa shape index (κ1) is 23.8. The second-order valence-electron chi connectivity index (χ2n) is 10.1. The Labute approximate surface area is 211 Å². The van der Waals surface area contributed by atoms with Crippen molar-refractivity contribution in [1.29, 1.82) is 0 Å². The lowest BCUT2D eigenvalue weighted by atomic mass is 9.94. The summed E-state index contributed by atoms with van der Waals surface area (Å²) in [6.45, 7) is 8.01. The summed E-state index contributed by atoms with van der Waals surface area (Å²) in [4.78, 5) is 29.1. The fraction of sp³-hybridized carbons (Fsp3) is 0.321. The van der Waals surface area contributed by atoms with E-state index in [0.29, 0.717) is 5.75 Å². The molecule has 0 spiro atoms. The summed E-state index contributed by atoms with van der Waals surface area (Å²) in [6, 6.07) is 16.3. The highest BCUT2D eigenvalue weighted by atomic mass is 16.5. The number of amides is 1. The van der Waals surface area contributed by atoms with Crippen molar-refractivity contribution in [2.24, 2.45) is 11.1 Å². The number of primary amides is 1. The Bertz CT molecular complexity index is 1350. The maximum atomic E-state index is 11.5. The van der Waals surface area contributed by atoms with Crippen LogP contribution in [0.4, 0.5) is 5.69 Å². The number of nitrogens with two attached hydrogens (primary N) is 1. The van der Waals surface area contributed by atoms with Crippen molar-refractivity contribution in [2.75, 3.05) is 44.7 Å². The number of piperazine rings is 1. The van der Waals surface area contributed by atoms with Crippen LogP contribution >= 0.6 is 0 Å². The summed E-state index contributed by atoms with van der Waals surface area (Å²) in [5.41, 5.74) is 11.3. The second-order valence-corrected chi connectivity index (χ2v) is 10.1. The molecule has 2 aromatic carbocycles. The number of likely N-dealkylation sites (N-methyl/N-ethyl adjacent to an activating group) is 1. The van der Waals surface area contributed by atoms with Gasteiger partial charge in [-0.3, -0.25) is 4.79 Å². The van der Waals surface area contributed by atoms with Gasteiger partial charge in [0, 0.05) is 49.2 Å². The summed E-state index contributed by atoms with van der Waals surface area (Å²) < 4.78 is 5.79. The number of aromatic nitrogens is 3. The molecule has 186 valence electrons. The van der Waals surface area contributed by atoms with E-state index in [1.165, 1.54) is 5.69 Å². The minimum absolute atomic E-state index is 0.219. The van der Waals surface area contributed by atoms with Gasteiger partial charge in [0.05, 0.1) is 17.3 Å². The van der Waals surface area contributed by atoms with Gasteiger partial charge in [0.2, 0.25) is 5.91 Å². The van der Waals surface area contributed by atoms with Crippen LogP contribution in [0.3, 0.4) is 0 Å². The van der Waals surface area contributed by atoms with E-state index in [1.54, 1.807) is 13.8 Å². The van der Waals surface area contributed by atoms with Crippen molar-refractivity contribution in [3.8, 4) is 28.1 Å². The zero-order chi connectivity index (χ0) is 25.3. The predicted molar refractivity (Wildman–Crippen MR) is 143 cm³/mol. The molecule has 0 unspecified atom stereocenters. The highest BCUT2D eigenvalue weighted by Gasteiger charge is 2.26. The molecule has 4 aromatic rings. The summed E-state index contributed by atoms with van der Waals surface area (Å²) in [7, 11) is 2.17. The topological polar surface area (TPSA) is 100 Å². The van der Waals surface area contributed by atoms with Crippen molar-refractivity contribution in [3.05, 3.63) is 60.9 Å². The van der Waals surface area contributed by atoms with Crippen LogP contribution in [-0.2, 0) is 4.79 Å². The van der Waals surface area contributed by atoms with Crippen LogP contribution in [0.5, 0.6) is 5.75 Å². The Kier molecular flexibility index (Phi) is 6.36. The van der Waals surface area contributed by atoms with Gasteiger partial charge in [-0.15, -0.1) is 0 Å². The lowest BCUT2D eigenvalue weighted by molar-refractivity contribution is -0.127. The molecule has 0 bridgehead atoms. The molecule has 0 aliphatic carbocycles. The SMILES string of the molecule is CN1CCN(c2ccc(-c3cnc4[nH]cc(-c5ccc(OCC(C)(C)C(N)=O)cc5)c4n3)cc2)CC1. The number of ether oxygens (including phenoxy) is 1. The van der Waals surface area contributed by atoms with Crippen molar-refractivity contribution >= 4 is 22.8 Å². The number of benzene rings is 2. The summed E-state index contributed by atoms with van der Waals surface area (Å²) in [5, 5.41) is 0. The van der Waals surface area contributed by atoms with Gasteiger partial charge in [0.25, 0.3) is 0 Å². The number of anilines is 1. The number of rotatable bonds is 7. The van der Waals surface area contributed by atoms with E-state index in [-0.39, 0.29) is 12.5 Å². The number of carbonyl (C=O) groups excluding carboxylic acids is 1. The maximum Gasteiger partial charge on any atom is 0.226 e. The van der Waals surface area contributed by atoms with Crippen molar-refractivity contribution < 1.29 is 9.53 Å². The zero-order valence-electron chi connectivity index (χ0n) is 21.0. The standard InChI is InChI=1S/C28H32N6O2/c1-28(2,27(29)35)18-36-22-10-6-19(7-11-22)23-16-30-26-25(23)32-24(17-31-26)20-4-8-21(9-5-20)34-14-12-33(3)13-15-34/h4-11,16-17H,12-15,18H2,1-3H3,(H2,29,35)(H,30,31). The molecule has 36 heavy (non-hydrogen) atoms. The third kappa shape index (κ3) is 4.90. The largest absolute Gasteiger partial charge is 0.492 e. The monoisotopic (exact) mass is 484 g/mol. The molecule has 3 N–H and O–H groups in total. The van der Waals surface area contributed by atoms with E-state index in [1.807, 2.05) is 36.7 Å². The number of nitrogens with zero attached hydrogens (tertiary/aromatic N) is 4. The minimum atomic E-state index is -0.732. The Morgan fingerprint density at radius 2 is 1.69 bits per heavy atom. The van der Waals surface area contributed by atoms with E-state index >= 15 is 0 Å². The summed E-state index contributed by atoms with van der Waals surface area (Å²) in [6.07, 6.45) is 3.74. The predicted octanol–water partition coefficient (Wildman–Crippen LogP) is 3.93. The van der Waals surface area contributed by atoms with Crippen molar-refractivity contribution in [2.45, 2.75) is 13.8 Å². The summed E-state index contributed by atoms with van der Waals surface area (Å²) in [5.74, 6) is 0.293. The van der Waals surface area contributed by atoms with E-state index < -0.39 is 5.41 Å². The third-order valence-electron chi connectivity index (χ3n) is 6.84. The first-order valence-electron chi connectivity index (χ1n) is 12.2. The van der Waals surface area contributed by atoms with Crippen LogP contribution in [0, 0.1) is 5.41 Å². The van der Waals surface area contributed by atoms with E-state index in [9.17, 15) is 4.79 Å². The number of fused-ring (bicyclic) bond motifs is 1. The third-order valence-corrected chi connectivity index (χ3v) is 6.84. The van der Waals surface area contributed by atoms with E-state index in [2.05, 4.69) is 51.1 Å². The first-order chi connectivity index (χ1) is 17.3. The average molecular weight is 485 g/mol. The number of nitrogens with one attached hydrogen (secondary N) is 1. The quantitative estimate of drug-likeness (QED) is 0.412. The van der Waals surface area contributed by atoms with Crippen LogP contribution in [0.15, 0.2) is 60.9 Å². The number of hydrogen-bond donors (Lipinski definition) is 2. The highest BCUT2D eigenvalue weighted by molar-refractivity contribution is 5.91. The molecule has 2 aromatic heterocycles. The Hall–Kier alpha value is -3.91. The molecule has 1 aliphatic rings. The molecule has 1 amide bonds. The van der Waals surface area contributed by atoms with E-state index in [0.717, 1.165) is 59.7 Å². The fourth-order valence-electron chi connectivity index (χ4n) is 4.22. The second kappa shape index (κ2) is 9.62. The van der Waals surface area contributed by atoms with Gasteiger partial charge in [0.1, 0.15) is 17.9 Å². The number of hydrogen-bond acceptors (Lipinski definition) is 6. The minimum Gasteiger partial charge on any atom is -0.492 e. The van der Waals surface area contributed by atoms with Crippen molar-refractivity contribution in [1.82, 2.24) is 19.9 Å². The molecule has 1 aliphatic heterocycles. The molecule has 3 heterocycles. The smallest absolute Gasteiger partial charge is 0.226 e. The van der Waals surface area contributed by atoms with Crippen molar-refractivity contribution in [3.63, 3.8) is 0 Å². The van der Waals surface area contributed by atoms with Gasteiger partial charge in [-0.1, -0.05) is 24.3 Å². The van der Waals surface area contributed by atoms with Gasteiger partial charge >= 0.3 is 0 Å². The molecule has 1 fully saturated rings. The van der Waals surface area contributed by atoms with Gasteiger partial charge < -0.3 is 25.3 Å². The molecule has 8 nitrogen and oxygen atoms in total. The molecular formula is C28H32N6O2. The fourth-order valence-corrected chi connectivity index (χ4v) is 4.22. The maximum absolute atomic E-state index is 11.5. The molecule has 8 heteroatoms. The van der Waals surface area contributed by atoms with Crippen LogP contribution in [-0.4, -0.2) is 65.6 Å². The summed E-state index contributed by atoms with van der Waals surface area (Å²) >= 11 is 0. The number of H-pyrrole nitrogens is 1. The van der Waals surface area contributed by atoms with E-state index in [4.69, 9.17) is 15.5 Å². The number of carbonyl (C=O) groups is 1. The van der Waals surface area contributed by atoms with Crippen LogP contribution < -0.4 is 15.4 Å². The van der Waals surface area contributed by atoms with Gasteiger partial charge in [-0.05, 0) is 50.7 Å². The molecule has 1 saturated heterocycles. The van der Waals surface area contributed by atoms with Crippen LogP contribution in [0.25, 0.3) is 33.5 Å². The molecule has 0 atom stereocenters. The first-order valence-corrected chi connectivity index (χ1v) is 12.2. The molecule has 0 radical (unpaired) electrons. The Morgan fingerprint density at radius 3 is 2.36 bits per heavy atom. The highest BCUT2D eigenvalue weighted by Crippen LogP contribution is 2.30. The normalized spacial score (nSPS) is 14.8. The molecule has 0 saturated carbocycles. The Morgan fingerprint density at radius 1 is 1.03 bits per heavy atom. The average Bonchev–Trinajstić information content (AvgIpc) is 3.32. The lowest BCUT2D eigenvalue weighted by Gasteiger charge is -2.34. The van der Waals surface area contributed by atoms with Gasteiger partial charge in [-0.25, -0.2) is 9.97 Å². The molecular weight excluding hydrogens is 452 g/mol. The van der Waals surface area contributed by atoms with Gasteiger partial charge in [0.15, 0.2) is 5.65 Å². The molecule has 5 rings (SSSR count). The lowest BCUT2D eigenvalue weighted by Crippen LogP contribution is -2.44. The van der Waals surface area contributed by atoms with Crippen LogP contribution in [0.2, 0.25) is 0 Å². The number of aromatic amines is 1. The zero-order valence-corrected chi connectivity index (χ0v) is 21.0.